The van der Waals surface area contributed by atoms with Crippen molar-refractivity contribution in [2.75, 3.05) is 54.4 Å². The van der Waals surface area contributed by atoms with Crippen LogP contribution in [0.2, 0.25) is 0 Å². The van der Waals surface area contributed by atoms with Gasteiger partial charge in [-0.1, -0.05) is 36.4 Å². The number of carbonyl (C=O) groups excluding carboxylic acids is 2. The molecule has 2 amide bonds. The van der Waals surface area contributed by atoms with Gasteiger partial charge in [0.25, 0.3) is 11.5 Å². The molecule has 0 saturated heterocycles. The molecule has 0 aliphatic heterocycles. The maximum atomic E-state index is 14.1. The summed E-state index contributed by atoms with van der Waals surface area (Å²) in [4.78, 5) is 49.8. The van der Waals surface area contributed by atoms with E-state index in [0.29, 0.717) is 42.6 Å². The normalized spacial score (nSPS) is 12.5. The van der Waals surface area contributed by atoms with Crippen molar-refractivity contribution in [2.45, 2.75) is 19.9 Å². The van der Waals surface area contributed by atoms with Crippen molar-refractivity contribution in [3.05, 3.63) is 88.0 Å². The van der Waals surface area contributed by atoms with E-state index in [-0.39, 0.29) is 17.5 Å². The van der Waals surface area contributed by atoms with Crippen LogP contribution in [0.4, 0.5) is 4.79 Å². The van der Waals surface area contributed by atoms with Crippen LogP contribution in [0.3, 0.4) is 0 Å². The van der Waals surface area contributed by atoms with E-state index in [9.17, 15) is 14.4 Å². The van der Waals surface area contributed by atoms with Crippen LogP contribution in [0, 0.1) is 6.92 Å². The first kappa shape index (κ1) is 29.9. The lowest BCUT2D eigenvalue weighted by molar-refractivity contribution is 0.0951. The Labute approximate surface area is 250 Å². The van der Waals surface area contributed by atoms with Crippen LogP contribution in [-0.4, -0.2) is 90.2 Å². The van der Waals surface area contributed by atoms with Gasteiger partial charge in [0.2, 0.25) is 0 Å². The number of nitrogens with zero attached hydrogens (tertiary/aromatic N) is 5. The van der Waals surface area contributed by atoms with E-state index in [1.165, 1.54) is 0 Å². The van der Waals surface area contributed by atoms with E-state index in [4.69, 9.17) is 4.98 Å². The highest BCUT2D eigenvalue weighted by atomic mass is 16.2. The van der Waals surface area contributed by atoms with Crippen molar-refractivity contribution in [1.29, 1.82) is 0 Å². The number of aromatic nitrogens is 3. The van der Waals surface area contributed by atoms with E-state index in [0.717, 1.165) is 32.9 Å². The number of aryl methyl sites for hydroxylation is 1. The number of hydrogen-bond donors (Lipinski definition) is 2. The SMILES string of the molecule is Cc1cccc2cc3c(=O)n(C(C)c4cn(C(=O)NCCN(C)C)c5ccccc45)cc(C(=O)NCCN(C)C)c3nc12. The first-order valence-electron chi connectivity index (χ1n) is 14.5. The average Bonchev–Trinajstić information content (AvgIpc) is 3.36. The van der Waals surface area contributed by atoms with Gasteiger partial charge in [0, 0.05) is 54.9 Å². The zero-order valence-electron chi connectivity index (χ0n) is 25.6. The highest BCUT2D eigenvalue weighted by Crippen LogP contribution is 2.30. The smallest absolute Gasteiger partial charge is 0.326 e. The van der Waals surface area contributed by atoms with Crippen LogP contribution in [0.5, 0.6) is 0 Å². The van der Waals surface area contributed by atoms with Gasteiger partial charge in [-0.2, -0.15) is 0 Å². The van der Waals surface area contributed by atoms with Crippen molar-refractivity contribution in [3.63, 3.8) is 0 Å². The predicted octanol–water partition coefficient (Wildman–Crippen LogP) is 3.83. The summed E-state index contributed by atoms with van der Waals surface area (Å²) >= 11 is 0. The Morgan fingerprint density at radius 3 is 2.30 bits per heavy atom. The maximum Gasteiger partial charge on any atom is 0.326 e. The average molecular weight is 582 g/mol. The van der Waals surface area contributed by atoms with Gasteiger partial charge < -0.3 is 25.0 Å². The molecule has 0 radical (unpaired) electrons. The molecule has 3 aromatic heterocycles. The molecule has 0 spiro atoms. The van der Waals surface area contributed by atoms with Crippen LogP contribution >= 0.6 is 0 Å². The highest BCUT2D eigenvalue weighted by molar-refractivity contribution is 6.07. The van der Waals surface area contributed by atoms with E-state index in [2.05, 4.69) is 10.6 Å². The topological polar surface area (TPSA) is 104 Å². The van der Waals surface area contributed by atoms with Crippen molar-refractivity contribution in [2.24, 2.45) is 0 Å². The molecule has 43 heavy (non-hydrogen) atoms. The van der Waals surface area contributed by atoms with Gasteiger partial charge >= 0.3 is 6.03 Å². The Kier molecular flexibility index (Phi) is 8.61. The van der Waals surface area contributed by atoms with Gasteiger partial charge in [0.05, 0.1) is 33.5 Å². The van der Waals surface area contributed by atoms with Crippen LogP contribution in [0.1, 0.15) is 34.5 Å². The lowest BCUT2D eigenvalue weighted by Crippen LogP contribution is -2.34. The molecule has 10 nitrogen and oxygen atoms in total. The summed E-state index contributed by atoms with van der Waals surface area (Å²) in [5.74, 6) is -0.295. The fraction of sp³-hybridized carbons (Fsp3) is 0.333. The summed E-state index contributed by atoms with van der Waals surface area (Å²) < 4.78 is 3.18. The summed E-state index contributed by atoms with van der Waals surface area (Å²) in [6.07, 6.45) is 3.40. The first-order chi connectivity index (χ1) is 20.6. The number of rotatable bonds is 9. The van der Waals surface area contributed by atoms with Gasteiger partial charge in [-0.15, -0.1) is 0 Å². The Morgan fingerprint density at radius 2 is 1.58 bits per heavy atom. The third kappa shape index (κ3) is 6.02. The summed E-state index contributed by atoms with van der Waals surface area (Å²) in [6.45, 7) is 6.21. The highest BCUT2D eigenvalue weighted by Gasteiger charge is 2.23. The minimum absolute atomic E-state index is 0.241. The second kappa shape index (κ2) is 12.4. The fourth-order valence-corrected chi connectivity index (χ4v) is 5.38. The molecule has 2 N–H and O–H groups in total. The van der Waals surface area contributed by atoms with E-state index >= 15 is 0 Å². The van der Waals surface area contributed by atoms with Crippen molar-refractivity contribution in [1.82, 2.24) is 34.6 Å². The number of fused-ring (bicyclic) bond motifs is 3. The molecule has 5 aromatic rings. The summed E-state index contributed by atoms with van der Waals surface area (Å²) in [5.41, 5.74) is 3.71. The fourth-order valence-electron chi connectivity index (χ4n) is 5.38. The number of para-hydroxylation sites is 2. The van der Waals surface area contributed by atoms with Gasteiger partial charge in [-0.25, -0.2) is 9.78 Å². The van der Waals surface area contributed by atoms with Crippen molar-refractivity contribution < 1.29 is 9.59 Å². The maximum absolute atomic E-state index is 14.1. The molecule has 0 aliphatic carbocycles. The Hall–Kier alpha value is -4.54. The third-order valence-corrected chi connectivity index (χ3v) is 7.79. The number of amides is 2. The van der Waals surface area contributed by atoms with Crippen LogP contribution in [0.15, 0.2) is 65.7 Å². The number of benzene rings is 2. The first-order valence-corrected chi connectivity index (χ1v) is 14.5. The lowest BCUT2D eigenvalue weighted by Gasteiger charge is -2.19. The van der Waals surface area contributed by atoms with Gasteiger partial charge in [-0.05, 0) is 59.7 Å². The summed E-state index contributed by atoms with van der Waals surface area (Å²) in [7, 11) is 7.79. The minimum Gasteiger partial charge on any atom is -0.351 e. The molecule has 0 saturated carbocycles. The van der Waals surface area contributed by atoms with E-state index in [1.807, 2.05) is 100 Å². The molecular weight excluding hydrogens is 542 g/mol. The molecule has 0 fully saturated rings. The molecule has 0 bridgehead atoms. The lowest BCUT2D eigenvalue weighted by atomic mass is 10.0. The molecule has 224 valence electrons. The van der Waals surface area contributed by atoms with Crippen LogP contribution in [-0.2, 0) is 0 Å². The number of likely N-dealkylation sites (N-methyl/N-ethyl adjacent to an activating group) is 2. The Morgan fingerprint density at radius 1 is 0.884 bits per heavy atom. The second-order valence-electron chi connectivity index (χ2n) is 11.5. The van der Waals surface area contributed by atoms with E-state index in [1.54, 1.807) is 21.5 Å². The quantitative estimate of drug-likeness (QED) is 0.257. The predicted molar refractivity (Wildman–Crippen MR) is 172 cm³/mol. The zero-order chi connectivity index (χ0) is 30.8. The molecule has 1 atom stereocenters. The number of hydrogen-bond acceptors (Lipinski definition) is 6. The summed E-state index contributed by atoms with van der Waals surface area (Å²) in [5, 5.41) is 8.02. The second-order valence-corrected chi connectivity index (χ2v) is 11.5. The summed E-state index contributed by atoms with van der Waals surface area (Å²) in [6, 6.07) is 14.6. The monoisotopic (exact) mass is 581 g/mol. The molecular formula is C33H39N7O3. The molecule has 0 aliphatic rings. The van der Waals surface area contributed by atoms with Crippen LogP contribution < -0.4 is 16.2 Å². The third-order valence-electron chi connectivity index (χ3n) is 7.79. The minimum atomic E-state index is -0.487. The Balaban J connectivity index is 1.65. The number of carbonyl (C=O) groups is 2. The van der Waals surface area contributed by atoms with E-state index < -0.39 is 6.04 Å². The molecule has 2 aromatic carbocycles. The molecule has 1 unspecified atom stereocenters. The number of nitrogens with one attached hydrogen (secondary N) is 2. The van der Waals surface area contributed by atoms with Crippen molar-refractivity contribution >= 4 is 44.6 Å². The molecule has 3 heterocycles. The zero-order valence-corrected chi connectivity index (χ0v) is 25.6. The van der Waals surface area contributed by atoms with Crippen molar-refractivity contribution in [3.8, 4) is 0 Å². The molecule has 5 rings (SSSR count). The van der Waals surface area contributed by atoms with Gasteiger partial charge in [0.1, 0.15) is 0 Å². The Bertz CT molecular complexity index is 1890. The number of pyridine rings is 2. The standard InChI is InChI=1S/C33H39N7O3/c1-21-10-9-11-23-18-25-30(36-29(21)23)27(31(41)34-14-16-37(3)4)20-39(32(25)42)22(2)26-19-40(28-13-8-7-12-24(26)28)33(43)35-15-17-38(5)6/h7-13,18-20,22H,14-17H2,1-6H3,(H,34,41)(H,35,43). The largest absolute Gasteiger partial charge is 0.351 e. The molecule has 10 heteroatoms. The van der Waals surface area contributed by atoms with Gasteiger partial charge in [0.15, 0.2) is 0 Å². The van der Waals surface area contributed by atoms with Crippen LogP contribution in [0.25, 0.3) is 32.7 Å². The van der Waals surface area contributed by atoms with Gasteiger partial charge in [-0.3, -0.25) is 14.2 Å².